The highest BCUT2D eigenvalue weighted by atomic mass is 32.2. The Kier molecular flexibility index (Phi) is 7.02. The van der Waals surface area contributed by atoms with Crippen molar-refractivity contribution in [2.45, 2.75) is 31.3 Å². The van der Waals surface area contributed by atoms with Crippen LogP contribution >= 0.6 is 0 Å². The maximum atomic E-state index is 13.1. The summed E-state index contributed by atoms with van der Waals surface area (Å²) in [5, 5.41) is 2.71. The van der Waals surface area contributed by atoms with Crippen LogP contribution < -0.4 is 9.62 Å². The lowest BCUT2D eigenvalue weighted by Gasteiger charge is -2.19. The maximum Gasteiger partial charge on any atom is 0.331 e. The van der Waals surface area contributed by atoms with Gasteiger partial charge in [0.2, 0.25) is 0 Å². The number of benzene rings is 3. The molecule has 1 unspecified atom stereocenters. The van der Waals surface area contributed by atoms with Gasteiger partial charge in [0.05, 0.1) is 10.6 Å². The van der Waals surface area contributed by atoms with Gasteiger partial charge in [-0.2, -0.15) is 0 Å². The SMILES string of the molecule is Cc1cccc(NC(=O)C(C)OC(=O)/C=C/c2ccc(S(=O)(=O)N3CCc4ccccc43)cc2)c1. The van der Waals surface area contributed by atoms with E-state index in [-0.39, 0.29) is 4.90 Å². The molecule has 0 aromatic heterocycles. The average Bonchev–Trinajstić information content (AvgIpc) is 3.28. The number of nitrogens with zero attached hydrogens (tertiary/aromatic N) is 1. The predicted molar refractivity (Wildman–Crippen MR) is 136 cm³/mol. The van der Waals surface area contributed by atoms with Crippen molar-refractivity contribution in [1.82, 2.24) is 0 Å². The van der Waals surface area contributed by atoms with E-state index >= 15 is 0 Å². The van der Waals surface area contributed by atoms with Crippen LogP contribution in [0.15, 0.2) is 83.8 Å². The van der Waals surface area contributed by atoms with E-state index in [1.165, 1.54) is 35.5 Å². The van der Waals surface area contributed by atoms with Crippen molar-refractivity contribution < 1.29 is 22.7 Å². The molecule has 0 aliphatic carbocycles. The van der Waals surface area contributed by atoms with Gasteiger partial charge in [0.15, 0.2) is 6.10 Å². The highest BCUT2D eigenvalue weighted by Crippen LogP contribution is 2.32. The normalized spacial score (nSPS) is 13.9. The molecule has 1 aliphatic rings. The van der Waals surface area contributed by atoms with Gasteiger partial charge in [-0.1, -0.05) is 42.5 Å². The number of nitrogens with one attached hydrogen (secondary N) is 1. The second-order valence-corrected chi connectivity index (χ2v) is 10.2. The maximum absolute atomic E-state index is 13.1. The zero-order valence-corrected chi connectivity index (χ0v) is 20.3. The molecule has 3 aromatic carbocycles. The standard InChI is InChI=1S/C27H26N2O5S/c1-19-6-5-8-23(18-19)28-27(31)20(2)34-26(30)15-12-21-10-13-24(14-11-21)35(32,33)29-17-16-22-7-3-4-9-25(22)29/h3-15,18,20H,16-17H2,1-2H3,(H,28,31)/b15-12+. The number of para-hydroxylation sites is 1. The molecule has 1 atom stereocenters. The summed E-state index contributed by atoms with van der Waals surface area (Å²) < 4.78 is 32.8. The minimum Gasteiger partial charge on any atom is -0.449 e. The van der Waals surface area contributed by atoms with E-state index in [4.69, 9.17) is 4.74 Å². The van der Waals surface area contributed by atoms with E-state index in [9.17, 15) is 18.0 Å². The summed E-state index contributed by atoms with van der Waals surface area (Å²) in [4.78, 5) is 24.6. The Morgan fingerprint density at radius 1 is 1.03 bits per heavy atom. The molecule has 0 bridgehead atoms. The van der Waals surface area contributed by atoms with E-state index in [2.05, 4.69) is 5.32 Å². The highest BCUT2D eigenvalue weighted by Gasteiger charge is 2.30. The number of aryl methyl sites for hydroxylation is 1. The van der Waals surface area contributed by atoms with Crippen LogP contribution in [-0.2, 0) is 30.8 Å². The number of hydrogen-bond donors (Lipinski definition) is 1. The van der Waals surface area contributed by atoms with E-state index in [0.717, 1.165) is 11.1 Å². The molecular weight excluding hydrogens is 464 g/mol. The summed E-state index contributed by atoms with van der Waals surface area (Å²) in [7, 11) is -3.68. The number of esters is 1. The van der Waals surface area contributed by atoms with Gasteiger partial charge >= 0.3 is 5.97 Å². The van der Waals surface area contributed by atoms with E-state index in [0.29, 0.717) is 29.9 Å². The number of ether oxygens (including phenoxy) is 1. The summed E-state index contributed by atoms with van der Waals surface area (Å²) in [6.45, 7) is 3.81. The van der Waals surface area contributed by atoms with Gasteiger partial charge < -0.3 is 10.1 Å². The molecule has 7 nitrogen and oxygen atoms in total. The van der Waals surface area contributed by atoms with Gasteiger partial charge in [0.25, 0.3) is 15.9 Å². The fourth-order valence-electron chi connectivity index (χ4n) is 3.83. The Balaban J connectivity index is 1.36. The molecule has 0 saturated carbocycles. The minimum atomic E-state index is -3.68. The van der Waals surface area contributed by atoms with Crippen molar-refractivity contribution in [2.75, 3.05) is 16.2 Å². The number of carbonyl (C=O) groups is 2. The van der Waals surface area contributed by atoms with Crippen molar-refractivity contribution in [3.8, 4) is 0 Å². The minimum absolute atomic E-state index is 0.176. The fourth-order valence-corrected chi connectivity index (χ4v) is 5.34. The molecular formula is C27H26N2O5S. The Morgan fingerprint density at radius 2 is 1.77 bits per heavy atom. The first-order valence-corrected chi connectivity index (χ1v) is 12.6. The van der Waals surface area contributed by atoms with Crippen LogP contribution in [0.5, 0.6) is 0 Å². The van der Waals surface area contributed by atoms with Crippen molar-refractivity contribution in [3.63, 3.8) is 0 Å². The van der Waals surface area contributed by atoms with Crippen LogP contribution in [0, 0.1) is 6.92 Å². The molecule has 1 N–H and O–H groups in total. The number of sulfonamides is 1. The van der Waals surface area contributed by atoms with E-state index in [1.54, 1.807) is 18.2 Å². The van der Waals surface area contributed by atoms with Crippen molar-refractivity contribution in [3.05, 3.63) is 95.6 Å². The van der Waals surface area contributed by atoms with Gasteiger partial charge in [-0.15, -0.1) is 0 Å². The zero-order valence-electron chi connectivity index (χ0n) is 19.5. The molecule has 0 saturated heterocycles. The van der Waals surface area contributed by atoms with E-state index in [1.807, 2.05) is 49.4 Å². The summed E-state index contributed by atoms with van der Waals surface area (Å²) in [6.07, 6.45) is 2.41. The quantitative estimate of drug-likeness (QED) is 0.393. The summed E-state index contributed by atoms with van der Waals surface area (Å²) in [5.74, 6) is -1.11. The summed E-state index contributed by atoms with van der Waals surface area (Å²) in [6, 6.07) is 21.0. The largest absolute Gasteiger partial charge is 0.449 e. The lowest BCUT2D eigenvalue weighted by molar-refractivity contribution is -0.148. The molecule has 3 aromatic rings. The molecule has 8 heteroatoms. The van der Waals surface area contributed by atoms with Crippen molar-refractivity contribution in [1.29, 1.82) is 0 Å². The highest BCUT2D eigenvalue weighted by molar-refractivity contribution is 7.92. The third kappa shape index (κ3) is 5.60. The number of anilines is 2. The molecule has 1 amide bonds. The van der Waals surface area contributed by atoms with Crippen molar-refractivity contribution in [2.24, 2.45) is 0 Å². The smallest absolute Gasteiger partial charge is 0.331 e. The summed E-state index contributed by atoms with van der Waals surface area (Å²) in [5.41, 5.74) is 3.97. The average molecular weight is 491 g/mol. The van der Waals surface area contributed by atoms with Crippen LogP contribution in [0.25, 0.3) is 6.08 Å². The number of carbonyl (C=O) groups excluding carboxylic acids is 2. The van der Waals surface area contributed by atoms with Gasteiger partial charge in [-0.3, -0.25) is 9.10 Å². The second-order valence-electron chi connectivity index (χ2n) is 8.30. The molecule has 180 valence electrons. The molecule has 4 rings (SSSR count). The molecule has 0 radical (unpaired) electrons. The van der Waals surface area contributed by atoms with Crippen LogP contribution in [0.4, 0.5) is 11.4 Å². The van der Waals surface area contributed by atoms with Gasteiger partial charge in [0.1, 0.15) is 0 Å². The fraction of sp³-hybridized carbons (Fsp3) is 0.185. The zero-order chi connectivity index (χ0) is 25.0. The first kappa shape index (κ1) is 24.2. The predicted octanol–water partition coefficient (Wildman–Crippen LogP) is 4.33. The van der Waals surface area contributed by atoms with Crippen LogP contribution in [0.2, 0.25) is 0 Å². The Bertz CT molecular complexity index is 1380. The summed E-state index contributed by atoms with van der Waals surface area (Å²) >= 11 is 0. The molecule has 35 heavy (non-hydrogen) atoms. The third-order valence-electron chi connectivity index (χ3n) is 5.67. The molecule has 0 fully saturated rings. The second kappa shape index (κ2) is 10.1. The molecule has 1 heterocycles. The number of amides is 1. The lowest BCUT2D eigenvalue weighted by Crippen LogP contribution is -2.29. The Hall–Kier alpha value is -3.91. The number of rotatable bonds is 7. The number of hydrogen-bond acceptors (Lipinski definition) is 5. The topological polar surface area (TPSA) is 92.8 Å². The first-order valence-electron chi connectivity index (χ1n) is 11.2. The van der Waals surface area contributed by atoms with Gasteiger partial charge in [-0.25, -0.2) is 13.2 Å². The van der Waals surface area contributed by atoms with Gasteiger partial charge in [-0.05, 0) is 73.4 Å². The van der Waals surface area contributed by atoms with Gasteiger partial charge in [0, 0.05) is 18.3 Å². The van der Waals surface area contributed by atoms with E-state index < -0.39 is 28.0 Å². The monoisotopic (exact) mass is 490 g/mol. The number of fused-ring (bicyclic) bond motifs is 1. The first-order chi connectivity index (χ1) is 16.7. The van der Waals surface area contributed by atoms with Crippen LogP contribution in [0.3, 0.4) is 0 Å². The Morgan fingerprint density at radius 3 is 2.51 bits per heavy atom. The molecule has 1 aliphatic heterocycles. The van der Waals surface area contributed by atoms with Crippen LogP contribution in [0.1, 0.15) is 23.6 Å². The molecule has 0 spiro atoms. The van der Waals surface area contributed by atoms with Crippen LogP contribution in [-0.4, -0.2) is 32.9 Å². The Labute approximate surface area is 205 Å². The third-order valence-corrected chi connectivity index (χ3v) is 7.50. The van der Waals surface area contributed by atoms with Crippen molar-refractivity contribution >= 4 is 39.4 Å². The lowest BCUT2D eigenvalue weighted by atomic mass is 10.2.